The molecule has 0 aliphatic heterocycles. The van der Waals surface area contributed by atoms with Gasteiger partial charge in [-0.05, 0) is 38.5 Å². The van der Waals surface area contributed by atoms with Gasteiger partial charge in [0.25, 0.3) is 0 Å². The van der Waals surface area contributed by atoms with Crippen LogP contribution in [0.1, 0.15) is 36.7 Å². The number of carbonyl (C=O) groups is 1. The van der Waals surface area contributed by atoms with Gasteiger partial charge in [-0.15, -0.1) is 0 Å². The molecule has 1 N–H and O–H groups in total. The molecular weight excluding hydrogens is 251 g/mol. The van der Waals surface area contributed by atoms with E-state index in [-0.39, 0.29) is 17.8 Å². The topological polar surface area (TPSA) is 55.8 Å². The van der Waals surface area contributed by atoms with Crippen LogP contribution in [-0.4, -0.2) is 29.9 Å². The van der Waals surface area contributed by atoms with Crippen LogP contribution in [0.5, 0.6) is 0 Å². The van der Waals surface area contributed by atoms with E-state index in [0.717, 1.165) is 6.07 Å². The summed E-state index contributed by atoms with van der Waals surface area (Å²) in [5, 5.41) is 8.79. The van der Waals surface area contributed by atoms with Crippen molar-refractivity contribution in [3.05, 3.63) is 35.1 Å². The van der Waals surface area contributed by atoms with Crippen LogP contribution in [0.3, 0.4) is 0 Å². The summed E-state index contributed by atoms with van der Waals surface area (Å²) in [5.74, 6) is -2.03. The highest BCUT2D eigenvalue weighted by Crippen LogP contribution is 2.12. The van der Waals surface area contributed by atoms with E-state index in [0.29, 0.717) is 18.8 Å². The minimum absolute atomic E-state index is 0.213. The number of carboxylic acids is 1. The molecule has 19 heavy (non-hydrogen) atoms. The maximum absolute atomic E-state index is 13.2. The van der Waals surface area contributed by atoms with E-state index in [9.17, 15) is 9.18 Å². The number of hydrogen-bond acceptors (Lipinski definition) is 3. The summed E-state index contributed by atoms with van der Waals surface area (Å²) in [5.41, 5.74) is 0.0667. The summed E-state index contributed by atoms with van der Waals surface area (Å²) in [4.78, 5) is 10.8. The Bertz CT molecular complexity index is 438. The van der Waals surface area contributed by atoms with Gasteiger partial charge in [-0.25, -0.2) is 9.18 Å². The summed E-state index contributed by atoms with van der Waals surface area (Å²) >= 11 is 0. The van der Waals surface area contributed by atoms with E-state index in [1.807, 2.05) is 20.8 Å². The highest BCUT2D eigenvalue weighted by atomic mass is 19.1. The second kappa shape index (κ2) is 6.63. The molecular formula is C14H19FO4. The molecule has 0 fully saturated rings. The lowest BCUT2D eigenvalue weighted by atomic mass is 10.1. The van der Waals surface area contributed by atoms with Crippen LogP contribution in [0.4, 0.5) is 4.39 Å². The average Bonchev–Trinajstić information content (AvgIpc) is 2.29. The normalized spacial score (nSPS) is 11.6. The van der Waals surface area contributed by atoms with Crippen LogP contribution < -0.4 is 0 Å². The fraction of sp³-hybridized carbons (Fsp3) is 0.500. The molecule has 0 spiro atoms. The van der Waals surface area contributed by atoms with Crippen molar-refractivity contribution < 1.29 is 23.8 Å². The van der Waals surface area contributed by atoms with Gasteiger partial charge in [0.2, 0.25) is 0 Å². The fourth-order valence-electron chi connectivity index (χ4n) is 1.42. The van der Waals surface area contributed by atoms with Crippen LogP contribution in [-0.2, 0) is 16.1 Å². The average molecular weight is 270 g/mol. The zero-order valence-electron chi connectivity index (χ0n) is 11.4. The Balaban J connectivity index is 2.42. The number of ether oxygens (including phenoxy) is 2. The van der Waals surface area contributed by atoms with Gasteiger partial charge in [0.15, 0.2) is 0 Å². The minimum Gasteiger partial charge on any atom is -0.478 e. The van der Waals surface area contributed by atoms with E-state index in [2.05, 4.69) is 0 Å². The second-order valence-corrected chi connectivity index (χ2v) is 5.13. The van der Waals surface area contributed by atoms with E-state index < -0.39 is 11.8 Å². The molecule has 5 heteroatoms. The van der Waals surface area contributed by atoms with Crippen LogP contribution >= 0.6 is 0 Å². The van der Waals surface area contributed by atoms with Gasteiger partial charge in [0, 0.05) is 0 Å². The lowest BCUT2D eigenvalue weighted by Crippen LogP contribution is -2.21. The molecule has 0 radical (unpaired) electrons. The van der Waals surface area contributed by atoms with E-state index >= 15 is 0 Å². The Hall–Kier alpha value is -1.46. The fourth-order valence-corrected chi connectivity index (χ4v) is 1.42. The van der Waals surface area contributed by atoms with Gasteiger partial charge >= 0.3 is 5.97 Å². The third-order valence-electron chi connectivity index (χ3n) is 2.29. The number of halogens is 1. The summed E-state index contributed by atoms with van der Waals surface area (Å²) in [6.45, 7) is 6.94. The standard InChI is InChI=1S/C14H19FO4/c1-14(2,3)19-7-6-18-9-10-4-5-12(15)11(8-10)13(16)17/h4-5,8H,6-7,9H2,1-3H3,(H,16,17). The lowest BCUT2D eigenvalue weighted by molar-refractivity contribution is -0.0377. The first-order valence-corrected chi connectivity index (χ1v) is 6.03. The van der Waals surface area contributed by atoms with Crippen LogP contribution in [0, 0.1) is 5.82 Å². The molecule has 0 heterocycles. The van der Waals surface area contributed by atoms with Crippen molar-refractivity contribution >= 4 is 5.97 Å². The molecule has 1 aromatic carbocycles. The van der Waals surface area contributed by atoms with Crippen LogP contribution in [0.2, 0.25) is 0 Å². The van der Waals surface area contributed by atoms with E-state index in [4.69, 9.17) is 14.6 Å². The SMILES string of the molecule is CC(C)(C)OCCOCc1ccc(F)c(C(=O)O)c1. The zero-order chi connectivity index (χ0) is 14.5. The first kappa shape index (κ1) is 15.6. The number of rotatable bonds is 6. The maximum atomic E-state index is 13.2. The summed E-state index contributed by atoms with van der Waals surface area (Å²) in [6, 6.07) is 3.92. The third kappa shape index (κ3) is 5.81. The Labute approximate surface area is 112 Å². The Morgan fingerprint density at radius 1 is 1.32 bits per heavy atom. The monoisotopic (exact) mass is 270 g/mol. The molecule has 4 nitrogen and oxygen atoms in total. The maximum Gasteiger partial charge on any atom is 0.338 e. The molecule has 0 aromatic heterocycles. The van der Waals surface area contributed by atoms with Gasteiger partial charge in [-0.3, -0.25) is 0 Å². The van der Waals surface area contributed by atoms with Crippen molar-refractivity contribution in [1.82, 2.24) is 0 Å². The molecule has 0 unspecified atom stereocenters. The van der Waals surface area contributed by atoms with Gasteiger partial charge in [-0.1, -0.05) is 6.07 Å². The molecule has 0 aliphatic rings. The Morgan fingerprint density at radius 3 is 2.58 bits per heavy atom. The molecule has 0 aliphatic carbocycles. The minimum atomic E-state index is -1.28. The molecule has 0 amide bonds. The molecule has 106 valence electrons. The highest BCUT2D eigenvalue weighted by Gasteiger charge is 2.11. The zero-order valence-corrected chi connectivity index (χ0v) is 11.4. The molecule has 0 saturated heterocycles. The first-order valence-electron chi connectivity index (χ1n) is 6.03. The molecule has 0 saturated carbocycles. The number of hydrogen-bond donors (Lipinski definition) is 1. The first-order chi connectivity index (χ1) is 8.79. The number of carboxylic acid groups (broad SMARTS) is 1. The second-order valence-electron chi connectivity index (χ2n) is 5.13. The van der Waals surface area contributed by atoms with Crippen LogP contribution in [0.15, 0.2) is 18.2 Å². The van der Waals surface area contributed by atoms with Gasteiger partial charge in [0.05, 0.1) is 31.0 Å². The van der Waals surface area contributed by atoms with E-state index in [1.165, 1.54) is 12.1 Å². The van der Waals surface area contributed by atoms with Crippen molar-refractivity contribution in [3.8, 4) is 0 Å². The van der Waals surface area contributed by atoms with Gasteiger partial charge < -0.3 is 14.6 Å². The smallest absolute Gasteiger partial charge is 0.338 e. The van der Waals surface area contributed by atoms with Crippen molar-refractivity contribution in [3.63, 3.8) is 0 Å². The molecule has 0 atom stereocenters. The van der Waals surface area contributed by atoms with E-state index in [1.54, 1.807) is 0 Å². The summed E-state index contributed by atoms with van der Waals surface area (Å²) in [6.07, 6.45) is 0. The van der Waals surface area contributed by atoms with Crippen molar-refractivity contribution in [1.29, 1.82) is 0 Å². The summed E-state index contributed by atoms with van der Waals surface area (Å²) in [7, 11) is 0. The number of aromatic carboxylic acids is 1. The third-order valence-corrected chi connectivity index (χ3v) is 2.29. The predicted molar refractivity (Wildman–Crippen MR) is 68.7 cm³/mol. The van der Waals surface area contributed by atoms with Gasteiger partial charge in [0.1, 0.15) is 5.82 Å². The lowest BCUT2D eigenvalue weighted by Gasteiger charge is -2.19. The molecule has 0 bridgehead atoms. The Morgan fingerprint density at radius 2 is 2.00 bits per heavy atom. The Kier molecular flexibility index (Phi) is 5.44. The quantitative estimate of drug-likeness (QED) is 0.807. The molecule has 1 aromatic rings. The van der Waals surface area contributed by atoms with Crippen molar-refractivity contribution in [2.45, 2.75) is 33.0 Å². The highest BCUT2D eigenvalue weighted by molar-refractivity contribution is 5.88. The van der Waals surface area contributed by atoms with Crippen LogP contribution in [0.25, 0.3) is 0 Å². The van der Waals surface area contributed by atoms with Crippen molar-refractivity contribution in [2.75, 3.05) is 13.2 Å². The van der Waals surface area contributed by atoms with Crippen molar-refractivity contribution in [2.24, 2.45) is 0 Å². The largest absolute Gasteiger partial charge is 0.478 e. The predicted octanol–water partition coefficient (Wildman–Crippen LogP) is 2.86. The summed E-state index contributed by atoms with van der Waals surface area (Å²) < 4.78 is 24.0. The van der Waals surface area contributed by atoms with Gasteiger partial charge in [-0.2, -0.15) is 0 Å². The molecule has 1 rings (SSSR count). The number of benzene rings is 1.